The lowest BCUT2D eigenvalue weighted by Gasteiger charge is -2.14. The first-order chi connectivity index (χ1) is 13.5. The zero-order valence-electron chi connectivity index (χ0n) is 15.6. The number of thioether (sulfide) groups is 1. The van der Waals surface area contributed by atoms with Gasteiger partial charge < -0.3 is 9.47 Å². The molecule has 28 heavy (non-hydrogen) atoms. The molecule has 0 aliphatic carbocycles. The molecule has 0 N–H and O–H groups in total. The largest absolute Gasteiger partial charge is 0.493 e. The van der Waals surface area contributed by atoms with E-state index in [1.807, 2.05) is 31.2 Å². The molecule has 1 heterocycles. The number of rotatable bonds is 7. The fourth-order valence-corrected chi connectivity index (χ4v) is 3.74. The van der Waals surface area contributed by atoms with Crippen LogP contribution in [0.15, 0.2) is 47.4 Å². The van der Waals surface area contributed by atoms with Crippen molar-refractivity contribution in [1.82, 2.24) is 4.90 Å². The zero-order chi connectivity index (χ0) is 20.1. The van der Waals surface area contributed by atoms with Crippen molar-refractivity contribution in [2.75, 3.05) is 13.7 Å². The molecule has 1 aliphatic rings. The van der Waals surface area contributed by atoms with Crippen molar-refractivity contribution in [3.63, 3.8) is 0 Å². The van der Waals surface area contributed by atoms with Crippen molar-refractivity contribution in [1.29, 1.82) is 0 Å². The third-order valence-corrected chi connectivity index (χ3v) is 5.29. The lowest BCUT2D eigenvalue weighted by atomic mass is 10.1. The molecule has 0 aromatic heterocycles. The van der Waals surface area contributed by atoms with Gasteiger partial charge in [0, 0.05) is 17.1 Å². The van der Waals surface area contributed by atoms with E-state index in [0.717, 1.165) is 23.7 Å². The Morgan fingerprint density at radius 3 is 2.57 bits per heavy atom. The number of carbonyl (C=O) groups excluding carboxylic acids is 2. The molecule has 0 spiro atoms. The van der Waals surface area contributed by atoms with Gasteiger partial charge in [-0.2, -0.15) is 0 Å². The Labute approximate surface area is 173 Å². The quantitative estimate of drug-likeness (QED) is 0.566. The second-order valence-corrected chi connectivity index (χ2v) is 7.56. The van der Waals surface area contributed by atoms with Crippen molar-refractivity contribution < 1.29 is 19.1 Å². The average Bonchev–Trinajstić information content (AvgIpc) is 2.96. The van der Waals surface area contributed by atoms with E-state index < -0.39 is 0 Å². The van der Waals surface area contributed by atoms with Gasteiger partial charge in [-0.25, -0.2) is 0 Å². The van der Waals surface area contributed by atoms with Gasteiger partial charge in [-0.1, -0.05) is 42.8 Å². The topological polar surface area (TPSA) is 55.8 Å². The molecule has 1 aliphatic heterocycles. The number of carbonyl (C=O) groups is 2. The van der Waals surface area contributed by atoms with E-state index in [9.17, 15) is 9.59 Å². The highest BCUT2D eigenvalue weighted by Gasteiger charge is 2.34. The van der Waals surface area contributed by atoms with Crippen molar-refractivity contribution in [2.24, 2.45) is 0 Å². The highest BCUT2D eigenvalue weighted by Crippen LogP contribution is 2.37. The Morgan fingerprint density at radius 2 is 1.89 bits per heavy atom. The maximum absolute atomic E-state index is 12.5. The van der Waals surface area contributed by atoms with E-state index in [1.165, 1.54) is 4.90 Å². The minimum Gasteiger partial charge on any atom is -0.493 e. The number of hydrogen-bond donors (Lipinski definition) is 0. The number of imide groups is 1. The van der Waals surface area contributed by atoms with Crippen molar-refractivity contribution in [3.8, 4) is 11.5 Å². The van der Waals surface area contributed by atoms with Crippen LogP contribution >= 0.6 is 23.4 Å². The lowest BCUT2D eigenvalue weighted by molar-refractivity contribution is -0.122. The molecular formula is C21H20ClNO4S. The Balaban J connectivity index is 1.88. The van der Waals surface area contributed by atoms with Crippen LogP contribution in [0, 0.1) is 0 Å². The number of benzene rings is 2. The summed E-state index contributed by atoms with van der Waals surface area (Å²) in [6.07, 6.45) is 2.40. The third-order valence-electron chi connectivity index (χ3n) is 4.13. The number of amides is 2. The number of nitrogens with zero attached hydrogens (tertiary/aromatic N) is 1. The fourth-order valence-electron chi connectivity index (χ4n) is 2.76. The van der Waals surface area contributed by atoms with E-state index in [2.05, 4.69) is 0 Å². The Kier molecular flexibility index (Phi) is 6.65. The number of methoxy groups -OCH3 is 1. The standard InChI is InChI=1S/C21H20ClNO4S/c1-3-11-23-20(24)18(28-21(23)25)12-15-5-4-6-17(26-2)19(15)27-13-14-7-9-16(22)10-8-14/h4-10,12H,3,11,13H2,1-2H3/b18-12+. The number of hydrogen-bond acceptors (Lipinski definition) is 5. The maximum atomic E-state index is 12.5. The van der Waals surface area contributed by atoms with Gasteiger partial charge in [0.05, 0.1) is 12.0 Å². The molecule has 0 atom stereocenters. The van der Waals surface area contributed by atoms with Crippen LogP contribution in [-0.2, 0) is 11.4 Å². The lowest BCUT2D eigenvalue weighted by Crippen LogP contribution is -2.28. The summed E-state index contributed by atoms with van der Waals surface area (Å²) in [5.41, 5.74) is 1.62. The smallest absolute Gasteiger partial charge is 0.293 e. The van der Waals surface area contributed by atoms with Gasteiger partial charge in [0.2, 0.25) is 0 Å². The Bertz CT molecular complexity index is 911. The molecule has 2 aromatic rings. The summed E-state index contributed by atoms with van der Waals surface area (Å²) in [7, 11) is 1.56. The number of para-hydroxylation sites is 1. The summed E-state index contributed by atoms with van der Waals surface area (Å²) in [4.78, 5) is 26.2. The van der Waals surface area contributed by atoms with Crippen LogP contribution in [-0.4, -0.2) is 29.7 Å². The molecule has 0 radical (unpaired) electrons. The molecule has 0 saturated carbocycles. The summed E-state index contributed by atoms with van der Waals surface area (Å²) >= 11 is 6.86. The van der Waals surface area contributed by atoms with E-state index in [1.54, 1.807) is 31.4 Å². The molecule has 1 saturated heterocycles. The molecule has 1 fully saturated rings. The molecule has 2 amide bonds. The van der Waals surface area contributed by atoms with Crippen molar-refractivity contribution in [2.45, 2.75) is 20.0 Å². The van der Waals surface area contributed by atoms with Gasteiger partial charge in [0.15, 0.2) is 11.5 Å². The predicted octanol–water partition coefficient (Wildman–Crippen LogP) is 5.37. The Morgan fingerprint density at radius 1 is 1.14 bits per heavy atom. The molecule has 0 bridgehead atoms. The SMILES string of the molecule is CCCN1C(=O)S/C(=C/c2cccc(OC)c2OCc2ccc(Cl)cc2)C1=O. The van der Waals surface area contributed by atoms with E-state index >= 15 is 0 Å². The highest BCUT2D eigenvalue weighted by molar-refractivity contribution is 8.18. The van der Waals surface area contributed by atoms with E-state index in [0.29, 0.717) is 40.1 Å². The monoisotopic (exact) mass is 417 g/mol. The van der Waals surface area contributed by atoms with Crippen molar-refractivity contribution >= 4 is 40.6 Å². The van der Waals surface area contributed by atoms with Gasteiger partial charge in [0.25, 0.3) is 11.1 Å². The van der Waals surface area contributed by atoms with E-state index in [4.69, 9.17) is 21.1 Å². The zero-order valence-corrected chi connectivity index (χ0v) is 17.2. The maximum Gasteiger partial charge on any atom is 0.293 e. The molecule has 2 aromatic carbocycles. The fraction of sp³-hybridized carbons (Fsp3) is 0.238. The molecular weight excluding hydrogens is 398 g/mol. The Hall–Kier alpha value is -2.44. The second kappa shape index (κ2) is 9.17. The number of ether oxygens (including phenoxy) is 2. The first kappa shape index (κ1) is 20.3. The van der Waals surface area contributed by atoms with Crippen LogP contribution in [0.2, 0.25) is 5.02 Å². The summed E-state index contributed by atoms with van der Waals surface area (Å²) in [5, 5.41) is 0.411. The van der Waals surface area contributed by atoms with Crippen LogP contribution in [0.4, 0.5) is 4.79 Å². The molecule has 146 valence electrons. The highest BCUT2D eigenvalue weighted by atomic mass is 35.5. The minimum atomic E-state index is -0.275. The minimum absolute atomic E-state index is 0.246. The normalized spacial score (nSPS) is 15.4. The van der Waals surface area contributed by atoms with E-state index in [-0.39, 0.29) is 11.1 Å². The van der Waals surface area contributed by atoms with Crippen LogP contribution in [0.5, 0.6) is 11.5 Å². The molecule has 5 nitrogen and oxygen atoms in total. The molecule has 7 heteroatoms. The first-order valence-electron chi connectivity index (χ1n) is 8.83. The van der Waals surface area contributed by atoms with Gasteiger partial charge in [-0.15, -0.1) is 0 Å². The van der Waals surface area contributed by atoms with Gasteiger partial charge in [-0.05, 0) is 48.0 Å². The molecule has 3 rings (SSSR count). The van der Waals surface area contributed by atoms with Crippen LogP contribution in [0.25, 0.3) is 6.08 Å². The predicted molar refractivity (Wildman–Crippen MR) is 112 cm³/mol. The summed E-state index contributed by atoms with van der Waals surface area (Å²) in [6, 6.07) is 12.8. The molecule has 0 unspecified atom stereocenters. The van der Waals surface area contributed by atoms with Crippen LogP contribution < -0.4 is 9.47 Å². The summed E-state index contributed by atoms with van der Waals surface area (Å²) in [5.74, 6) is 0.793. The third kappa shape index (κ3) is 4.51. The first-order valence-corrected chi connectivity index (χ1v) is 10.0. The van der Waals surface area contributed by atoms with Crippen molar-refractivity contribution in [3.05, 3.63) is 63.5 Å². The van der Waals surface area contributed by atoms with Gasteiger partial charge in [0.1, 0.15) is 6.61 Å². The van der Waals surface area contributed by atoms with Gasteiger partial charge in [-0.3, -0.25) is 14.5 Å². The van der Waals surface area contributed by atoms with Crippen LogP contribution in [0.3, 0.4) is 0 Å². The number of halogens is 1. The van der Waals surface area contributed by atoms with Crippen LogP contribution in [0.1, 0.15) is 24.5 Å². The average molecular weight is 418 g/mol. The second-order valence-electron chi connectivity index (χ2n) is 6.13. The summed E-state index contributed by atoms with van der Waals surface area (Å²) in [6.45, 7) is 2.66. The summed E-state index contributed by atoms with van der Waals surface area (Å²) < 4.78 is 11.4. The van der Waals surface area contributed by atoms with Gasteiger partial charge >= 0.3 is 0 Å².